The molecule has 4 fully saturated rings. The Balaban J connectivity index is 0.00000112. The summed E-state index contributed by atoms with van der Waals surface area (Å²) in [5.41, 5.74) is 1.57. The average Bonchev–Trinajstić information content (AvgIpc) is 3.12. The number of Topliss-reactive ketones (excluding diaryl/α,β-unsaturated/α-hetero) is 1. The number of ketones is 1. The molecular weight excluding hydrogens is 400 g/mol. The van der Waals surface area contributed by atoms with Crippen molar-refractivity contribution in [2.75, 3.05) is 0 Å². The van der Waals surface area contributed by atoms with Gasteiger partial charge in [0, 0.05) is 16.5 Å². The Morgan fingerprint density at radius 1 is 0.935 bits per heavy atom. The molecule has 1 aromatic carbocycles. The molecule has 0 heterocycles. The third kappa shape index (κ3) is 3.81. The third-order valence-electron chi connectivity index (χ3n) is 10.4. The van der Waals surface area contributed by atoms with Crippen molar-refractivity contribution in [2.24, 2.45) is 46.3 Å². The Morgan fingerprint density at radius 2 is 1.65 bits per heavy atom. The normalized spacial score (nSPS) is 43.7. The SMILES string of the molecule is CC.CC1CCC2(C)C(CCC3C2CCC2(C)C(C(=O)c4cccc(Cl)c4)CCC32)C1. The molecule has 1 nitrogen and oxygen atoms in total. The van der Waals surface area contributed by atoms with Crippen LogP contribution in [0.3, 0.4) is 0 Å². The number of hydrogen-bond donors (Lipinski definition) is 0. The fourth-order valence-corrected chi connectivity index (χ4v) is 8.94. The number of halogens is 1. The Bertz CT molecular complexity index is 802. The molecule has 0 saturated heterocycles. The van der Waals surface area contributed by atoms with Crippen LogP contribution in [0.2, 0.25) is 5.02 Å². The lowest BCUT2D eigenvalue weighted by atomic mass is 9.44. The summed E-state index contributed by atoms with van der Waals surface area (Å²) in [6.07, 6.45) is 12.1. The molecule has 5 rings (SSSR count). The van der Waals surface area contributed by atoms with E-state index in [-0.39, 0.29) is 11.3 Å². The monoisotopic (exact) mass is 442 g/mol. The van der Waals surface area contributed by atoms with Crippen LogP contribution in [-0.4, -0.2) is 5.78 Å². The molecule has 0 radical (unpaired) electrons. The lowest BCUT2D eigenvalue weighted by molar-refractivity contribution is -0.114. The van der Waals surface area contributed by atoms with Crippen LogP contribution in [0.4, 0.5) is 0 Å². The van der Waals surface area contributed by atoms with Crippen LogP contribution in [0.15, 0.2) is 24.3 Å². The van der Waals surface area contributed by atoms with Gasteiger partial charge in [-0.2, -0.15) is 0 Å². The Morgan fingerprint density at radius 3 is 2.39 bits per heavy atom. The molecule has 8 atom stereocenters. The molecule has 1 aromatic rings. The molecule has 4 aliphatic rings. The van der Waals surface area contributed by atoms with Crippen molar-refractivity contribution in [2.45, 2.75) is 92.4 Å². The van der Waals surface area contributed by atoms with Gasteiger partial charge >= 0.3 is 0 Å². The Hall–Kier alpha value is -0.820. The molecule has 172 valence electrons. The third-order valence-corrected chi connectivity index (χ3v) is 10.6. The van der Waals surface area contributed by atoms with E-state index in [9.17, 15) is 4.79 Å². The summed E-state index contributed by atoms with van der Waals surface area (Å²) < 4.78 is 0. The quantitative estimate of drug-likeness (QED) is 0.418. The summed E-state index contributed by atoms with van der Waals surface area (Å²) in [7, 11) is 0. The van der Waals surface area contributed by atoms with Gasteiger partial charge in [0.1, 0.15) is 0 Å². The van der Waals surface area contributed by atoms with Crippen molar-refractivity contribution >= 4 is 17.4 Å². The molecule has 0 aliphatic heterocycles. The number of hydrogen-bond acceptors (Lipinski definition) is 1. The van der Waals surface area contributed by atoms with Crippen LogP contribution in [0.1, 0.15) is 103 Å². The van der Waals surface area contributed by atoms with Gasteiger partial charge in [-0.3, -0.25) is 4.79 Å². The van der Waals surface area contributed by atoms with Gasteiger partial charge in [0.25, 0.3) is 0 Å². The van der Waals surface area contributed by atoms with Crippen molar-refractivity contribution < 1.29 is 4.79 Å². The highest BCUT2D eigenvalue weighted by Crippen LogP contribution is 2.68. The summed E-state index contributed by atoms with van der Waals surface area (Å²) in [6, 6.07) is 7.63. The minimum absolute atomic E-state index is 0.184. The van der Waals surface area contributed by atoms with Crippen molar-refractivity contribution in [3.63, 3.8) is 0 Å². The van der Waals surface area contributed by atoms with Crippen LogP contribution in [0.25, 0.3) is 0 Å². The zero-order valence-electron chi connectivity index (χ0n) is 20.4. The largest absolute Gasteiger partial charge is 0.294 e. The molecule has 0 aromatic heterocycles. The molecule has 4 saturated carbocycles. The van der Waals surface area contributed by atoms with Crippen LogP contribution < -0.4 is 0 Å². The lowest BCUT2D eigenvalue weighted by Crippen LogP contribution is -2.53. The van der Waals surface area contributed by atoms with Gasteiger partial charge in [0.15, 0.2) is 5.78 Å². The summed E-state index contributed by atoms with van der Waals surface area (Å²) in [5, 5.41) is 0.678. The average molecular weight is 443 g/mol. The van der Waals surface area contributed by atoms with Crippen LogP contribution in [-0.2, 0) is 0 Å². The molecule has 0 amide bonds. The van der Waals surface area contributed by atoms with Gasteiger partial charge in [0.05, 0.1) is 0 Å². The smallest absolute Gasteiger partial charge is 0.166 e. The number of benzene rings is 1. The standard InChI is InChI=1S/C27H37ClO.C2H6/c1-17-11-13-26(2)19(15-17)7-8-21-22-9-10-24(27(22,3)14-12-23(21)26)25(29)18-5-4-6-20(28)16-18;1-2/h4-6,16-17,19,21-24H,7-15H2,1-3H3;1-2H3. The number of rotatable bonds is 2. The Labute approximate surface area is 195 Å². The van der Waals surface area contributed by atoms with E-state index < -0.39 is 0 Å². The van der Waals surface area contributed by atoms with E-state index in [2.05, 4.69) is 20.8 Å². The van der Waals surface area contributed by atoms with E-state index in [1.807, 2.05) is 38.1 Å². The topological polar surface area (TPSA) is 17.1 Å². The van der Waals surface area contributed by atoms with Crippen molar-refractivity contribution in [1.29, 1.82) is 0 Å². The lowest BCUT2D eigenvalue weighted by Gasteiger charge is -2.61. The molecule has 2 heteroatoms. The van der Waals surface area contributed by atoms with E-state index in [1.54, 1.807) is 0 Å². The molecule has 31 heavy (non-hydrogen) atoms. The first-order chi connectivity index (χ1) is 14.8. The number of fused-ring (bicyclic) bond motifs is 5. The fourth-order valence-electron chi connectivity index (χ4n) is 8.75. The highest BCUT2D eigenvalue weighted by molar-refractivity contribution is 6.31. The first-order valence-electron chi connectivity index (χ1n) is 13.1. The zero-order valence-corrected chi connectivity index (χ0v) is 21.2. The van der Waals surface area contributed by atoms with Crippen molar-refractivity contribution in [3.8, 4) is 0 Å². The Kier molecular flexibility index (Phi) is 6.66. The second-order valence-electron chi connectivity index (χ2n) is 11.6. The number of carbonyl (C=O) groups excluding carboxylic acids is 1. The van der Waals surface area contributed by atoms with E-state index in [0.717, 1.165) is 41.6 Å². The maximum absolute atomic E-state index is 13.5. The van der Waals surface area contributed by atoms with Crippen molar-refractivity contribution in [1.82, 2.24) is 0 Å². The summed E-state index contributed by atoms with van der Waals surface area (Å²) >= 11 is 6.20. The molecule has 4 aliphatic carbocycles. The van der Waals surface area contributed by atoms with Crippen LogP contribution in [0.5, 0.6) is 0 Å². The van der Waals surface area contributed by atoms with E-state index >= 15 is 0 Å². The first-order valence-corrected chi connectivity index (χ1v) is 13.5. The van der Waals surface area contributed by atoms with Gasteiger partial charge < -0.3 is 0 Å². The molecule has 8 unspecified atom stereocenters. The van der Waals surface area contributed by atoms with E-state index in [4.69, 9.17) is 11.6 Å². The highest BCUT2D eigenvalue weighted by Gasteiger charge is 2.61. The summed E-state index contributed by atoms with van der Waals surface area (Å²) in [4.78, 5) is 13.5. The van der Waals surface area contributed by atoms with Gasteiger partial charge in [-0.25, -0.2) is 0 Å². The molecule has 0 spiro atoms. The fraction of sp³-hybridized carbons (Fsp3) is 0.759. The predicted molar refractivity (Wildman–Crippen MR) is 132 cm³/mol. The molecular formula is C29H43ClO. The number of carbonyl (C=O) groups is 1. The van der Waals surface area contributed by atoms with Crippen LogP contribution >= 0.6 is 11.6 Å². The maximum atomic E-state index is 13.5. The predicted octanol–water partition coefficient (Wildman–Crippen LogP) is 8.84. The zero-order chi connectivity index (χ0) is 22.4. The highest BCUT2D eigenvalue weighted by atomic mass is 35.5. The van der Waals surface area contributed by atoms with Gasteiger partial charge in [-0.15, -0.1) is 0 Å². The minimum Gasteiger partial charge on any atom is -0.294 e. The van der Waals surface area contributed by atoms with Gasteiger partial charge in [0.2, 0.25) is 0 Å². The molecule has 0 bridgehead atoms. The second kappa shape index (κ2) is 8.85. The van der Waals surface area contributed by atoms with E-state index in [1.165, 1.54) is 51.4 Å². The first kappa shape index (κ1) is 23.3. The van der Waals surface area contributed by atoms with E-state index in [0.29, 0.717) is 16.2 Å². The maximum Gasteiger partial charge on any atom is 0.166 e. The van der Waals surface area contributed by atoms with Gasteiger partial charge in [-0.05, 0) is 104 Å². The van der Waals surface area contributed by atoms with Crippen molar-refractivity contribution in [3.05, 3.63) is 34.9 Å². The minimum atomic E-state index is 0.184. The molecule has 0 N–H and O–H groups in total. The summed E-state index contributed by atoms with van der Waals surface area (Å²) in [5.74, 6) is 4.89. The summed E-state index contributed by atoms with van der Waals surface area (Å²) in [6.45, 7) is 11.6. The second-order valence-corrected chi connectivity index (χ2v) is 12.0. The van der Waals surface area contributed by atoms with Crippen LogP contribution in [0, 0.1) is 46.3 Å². The van der Waals surface area contributed by atoms with Gasteiger partial charge in [-0.1, -0.05) is 64.8 Å².